The number of likely N-dealkylation sites (N-methyl/N-ethyl adjacent to an activating group) is 1. The zero-order chi connectivity index (χ0) is 48.4. The lowest BCUT2D eigenvalue weighted by Gasteiger charge is -2.52. The first-order valence-electron chi connectivity index (χ1n) is 21.1. The smallest absolute Gasteiger partial charge is 0.356 e. The molecule has 352 valence electrons. The molecule has 68 heavy (non-hydrogen) atoms. The van der Waals surface area contributed by atoms with E-state index in [1.54, 1.807) is 93.7 Å². The van der Waals surface area contributed by atoms with Gasteiger partial charge in [0.15, 0.2) is 6.10 Å². The number of piperazine rings is 1. The van der Waals surface area contributed by atoms with Gasteiger partial charge in [0.2, 0.25) is 17.0 Å². The van der Waals surface area contributed by atoms with Crippen molar-refractivity contribution in [3.8, 4) is 0 Å². The molecular formula is C45H44N10O10S3. The minimum absolute atomic E-state index is 0.0363. The van der Waals surface area contributed by atoms with Gasteiger partial charge in [0.1, 0.15) is 22.5 Å². The molecule has 0 bridgehead atoms. The van der Waals surface area contributed by atoms with Gasteiger partial charge in [-0.1, -0.05) is 102 Å². The maximum atomic E-state index is 15.2. The third kappa shape index (κ3) is 9.54. The lowest BCUT2D eigenvalue weighted by Crippen LogP contribution is -2.63. The Kier molecular flexibility index (Phi) is 13.7. The molecule has 2 saturated heterocycles. The Bertz CT molecular complexity index is 2920. The van der Waals surface area contributed by atoms with E-state index in [1.807, 2.05) is 0 Å². The molecular weight excluding hydrogens is 937 g/mol. The Morgan fingerprint density at radius 1 is 0.926 bits per heavy atom. The van der Waals surface area contributed by atoms with Crippen molar-refractivity contribution < 1.29 is 46.5 Å². The summed E-state index contributed by atoms with van der Waals surface area (Å²) in [6.45, 7) is 3.54. The maximum absolute atomic E-state index is 15.2. The zero-order valence-corrected chi connectivity index (χ0v) is 39.0. The summed E-state index contributed by atoms with van der Waals surface area (Å²) in [5, 5.41) is 15.2. The number of carbonyl (C=O) groups excluding carboxylic acids is 6. The van der Waals surface area contributed by atoms with E-state index < -0.39 is 79.5 Å². The third-order valence-electron chi connectivity index (χ3n) is 11.5. The van der Waals surface area contributed by atoms with Gasteiger partial charge in [0.25, 0.3) is 10.1 Å². The van der Waals surface area contributed by atoms with E-state index in [-0.39, 0.29) is 53.5 Å². The number of hydrogen-bond acceptors (Lipinski definition) is 15. The highest BCUT2D eigenvalue weighted by atomic mass is 32.2. The van der Waals surface area contributed by atoms with Crippen LogP contribution in [0.25, 0.3) is 0 Å². The molecule has 4 atom stereocenters. The van der Waals surface area contributed by atoms with Crippen LogP contribution in [0.3, 0.4) is 0 Å². The number of nitrogen functional groups attached to an aromatic ring is 1. The van der Waals surface area contributed by atoms with Gasteiger partial charge >= 0.3 is 23.8 Å². The molecule has 0 radical (unpaired) electrons. The molecule has 0 aliphatic carbocycles. The van der Waals surface area contributed by atoms with Crippen molar-refractivity contribution in [2.75, 3.05) is 31.1 Å². The number of anilines is 1. The highest BCUT2D eigenvalue weighted by Gasteiger charge is 2.58. The SMILES string of the molecule is CCN1CCN(C(=O)NC(C(=O)NC2S[C@H]3[C@H](c4cc(C)ccc4S(=O)(=O)O)C(=O)N3C(C(=O)OC(c3ccccc3)c3ccccc3)=C2CSc2nnnn2C)c2cccc(N)c2)C(=O)C1=O. The standard InChI is InChI=1S/C45H44N10O10S3/c1-4-53-20-21-54(41(59)40(53)58)44(61)47-34(28-16-11-17-29(46)23-28)37(56)48-38-31(24-66-45-49-50-51-52(45)3)35(43(60)65-36(26-12-7-5-8-13-26)27-14-9-6-10-15-27)55-39(57)33(42(55)67-38)30-22-25(2)18-19-32(30)68(62,63)64/h5-19,22-23,33-34,36,38,42H,4,20-21,24,46H2,1-3H3,(H,47,61)(H,48,56)(H,62,63,64)/t33-,34?,38?,42+/m1/s1. The Balaban J connectivity index is 1.24. The van der Waals surface area contributed by atoms with Gasteiger partial charge in [-0.05, 0) is 64.7 Å². The quantitative estimate of drug-likeness (QED) is 0.0310. The van der Waals surface area contributed by atoms with Gasteiger partial charge in [-0.3, -0.25) is 33.5 Å². The molecule has 2 unspecified atom stereocenters. The first-order valence-corrected chi connectivity index (χ1v) is 24.4. The number of ether oxygens (including phenoxy) is 1. The summed E-state index contributed by atoms with van der Waals surface area (Å²) in [7, 11) is -3.28. The van der Waals surface area contributed by atoms with Crippen molar-refractivity contribution in [1.29, 1.82) is 0 Å². The highest BCUT2D eigenvalue weighted by Crippen LogP contribution is 2.53. The molecule has 4 heterocycles. The molecule has 5 aromatic rings. The fourth-order valence-corrected chi connectivity index (χ4v) is 11.4. The van der Waals surface area contributed by atoms with Gasteiger partial charge < -0.3 is 26.0 Å². The number of β-lactam (4-membered cyclic amide) rings is 1. The van der Waals surface area contributed by atoms with Gasteiger partial charge in [-0.2, -0.15) is 8.42 Å². The molecule has 3 aliphatic rings. The number of imide groups is 1. The summed E-state index contributed by atoms with van der Waals surface area (Å²) in [5.74, 6) is -5.90. The van der Waals surface area contributed by atoms with Gasteiger partial charge in [-0.15, -0.1) is 16.9 Å². The second-order valence-corrected chi connectivity index (χ2v) is 19.4. The van der Waals surface area contributed by atoms with Crippen molar-refractivity contribution in [1.82, 2.24) is 45.5 Å². The number of aryl methyl sites for hydroxylation is 2. The minimum atomic E-state index is -4.88. The summed E-state index contributed by atoms with van der Waals surface area (Å²) in [6.07, 6.45) is -0.998. The number of amides is 6. The Labute approximate surface area is 398 Å². The number of urea groups is 1. The molecule has 6 amide bonds. The fourth-order valence-electron chi connectivity index (χ4n) is 8.12. The molecule has 4 aromatic carbocycles. The van der Waals surface area contributed by atoms with Crippen LogP contribution in [0.1, 0.15) is 52.8 Å². The lowest BCUT2D eigenvalue weighted by molar-refractivity contribution is -0.153. The van der Waals surface area contributed by atoms with Crippen LogP contribution in [0.5, 0.6) is 0 Å². The molecule has 1 aromatic heterocycles. The second-order valence-electron chi connectivity index (χ2n) is 15.9. The molecule has 5 N–H and O–H groups in total. The number of nitrogens with zero attached hydrogens (tertiary/aromatic N) is 7. The van der Waals surface area contributed by atoms with Crippen molar-refractivity contribution in [3.05, 3.63) is 142 Å². The molecule has 20 nitrogen and oxygen atoms in total. The van der Waals surface area contributed by atoms with Gasteiger partial charge in [0.05, 0.1) is 10.8 Å². The van der Waals surface area contributed by atoms with Crippen LogP contribution in [0.15, 0.2) is 124 Å². The number of carbonyl (C=O) groups is 6. The van der Waals surface area contributed by atoms with Crippen LogP contribution >= 0.6 is 23.5 Å². The van der Waals surface area contributed by atoms with E-state index in [0.717, 1.165) is 23.5 Å². The second kappa shape index (κ2) is 19.6. The number of hydrogen-bond donors (Lipinski definition) is 4. The number of aromatic nitrogens is 4. The molecule has 0 saturated carbocycles. The number of tetrazole rings is 1. The Morgan fingerprint density at radius 2 is 1.60 bits per heavy atom. The Hall–Kier alpha value is -7.08. The Morgan fingerprint density at radius 3 is 2.22 bits per heavy atom. The number of benzene rings is 4. The predicted molar refractivity (Wildman–Crippen MR) is 247 cm³/mol. The highest BCUT2D eigenvalue weighted by molar-refractivity contribution is 8.01. The topological polar surface area (TPSA) is 269 Å². The van der Waals surface area contributed by atoms with Crippen molar-refractivity contribution >= 4 is 75.0 Å². The van der Waals surface area contributed by atoms with E-state index in [1.165, 1.54) is 44.8 Å². The van der Waals surface area contributed by atoms with Crippen LogP contribution in [0, 0.1) is 6.92 Å². The van der Waals surface area contributed by atoms with Gasteiger partial charge in [-0.25, -0.2) is 14.3 Å². The van der Waals surface area contributed by atoms with Crippen molar-refractivity contribution in [2.45, 2.75) is 52.7 Å². The third-order valence-corrected chi connectivity index (χ3v) is 14.9. The number of esters is 1. The first kappa shape index (κ1) is 47.4. The summed E-state index contributed by atoms with van der Waals surface area (Å²) in [4.78, 5) is 87.4. The normalized spacial score (nSPS) is 18.8. The average Bonchev–Trinajstić information content (AvgIpc) is 3.73. The number of nitrogens with two attached hydrogens (primary N) is 1. The van der Waals surface area contributed by atoms with E-state index >= 15 is 4.79 Å². The van der Waals surface area contributed by atoms with Crippen LogP contribution in [-0.2, 0) is 45.9 Å². The summed E-state index contributed by atoms with van der Waals surface area (Å²) < 4.78 is 43.7. The molecule has 2 fully saturated rings. The van der Waals surface area contributed by atoms with E-state index in [0.29, 0.717) is 26.7 Å². The lowest BCUT2D eigenvalue weighted by atomic mass is 9.87. The monoisotopic (exact) mass is 980 g/mol. The number of fused-ring (bicyclic) bond motifs is 1. The first-order chi connectivity index (χ1) is 32.5. The number of nitrogens with one attached hydrogen (secondary N) is 2. The molecule has 23 heteroatoms. The van der Waals surface area contributed by atoms with Crippen LogP contribution < -0.4 is 16.4 Å². The average molecular weight is 981 g/mol. The summed E-state index contributed by atoms with van der Waals surface area (Å²) in [6, 6.07) is 25.4. The largest absolute Gasteiger partial charge is 0.448 e. The number of thioether (sulfide) groups is 2. The zero-order valence-electron chi connectivity index (χ0n) is 36.6. The van der Waals surface area contributed by atoms with Crippen molar-refractivity contribution in [2.24, 2.45) is 7.05 Å². The fraction of sp³-hybridized carbons (Fsp3) is 0.267. The van der Waals surface area contributed by atoms with Crippen molar-refractivity contribution in [3.63, 3.8) is 0 Å². The minimum Gasteiger partial charge on any atom is -0.448 e. The molecule has 0 spiro atoms. The summed E-state index contributed by atoms with van der Waals surface area (Å²) in [5.41, 5.74) is 8.20. The number of rotatable bonds is 14. The van der Waals surface area contributed by atoms with Gasteiger partial charge in [0, 0.05) is 43.7 Å². The summed E-state index contributed by atoms with van der Waals surface area (Å²) >= 11 is 2.07. The predicted octanol–water partition coefficient (Wildman–Crippen LogP) is 3.31. The van der Waals surface area contributed by atoms with E-state index in [2.05, 4.69) is 26.2 Å². The van der Waals surface area contributed by atoms with Crippen LogP contribution in [0.4, 0.5) is 10.5 Å². The van der Waals surface area contributed by atoms with E-state index in [9.17, 15) is 36.9 Å². The van der Waals surface area contributed by atoms with E-state index in [4.69, 9.17) is 10.5 Å². The molecule has 3 aliphatic heterocycles. The van der Waals surface area contributed by atoms with Crippen LogP contribution in [0.2, 0.25) is 0 Å². The molecule has 8 rings (SSSR count). The van der Waals surface area contributed by atoms with Crippen LogP contribution in [-0.4, -0.2) is 120 Å². The maximum Gasteiger partial charge on any atom is 0.356 e.